The van der Waals surface area contributed by atoms with E-state index in [0.29, 0.717) is 5.75 Å². The first-order valence-corrected chi connectivity index (χ1v) is 11.4. The van der Waals surface area contributed by atoms with Crippen molar-refractivity contribution in [1.29, 1.82) is 0 Å². The number of benzene rings is 2. The summed E-state index contributed by atoms with van der Waals surface area (Å²) in [5, 5.41) is 3.42. The van der Waals surface area contributed by atoms with Crippen molar-refractivity contribution in [3.8, 4) is 11.5 Å². The summed E-state index contributed by atoms with van der Waals surface area (Å²) in [6, 6.07) is 8.34. The highest BCUT2D eigenvalue weighted by molar-refractivity contribution is 9.10. The van der Waals surface area contributed by atoms with E-state index in [0.717, 1.165) is 46.4 Å². The minimum absolute atomic E-state index is 0.0405. The third-order valence-electron chi connectivity index (χ3n) is 4.88. The molecule has 0 saturated carbocycles. The second kappa shape index (κ2) is 9.25. The fourth-order valence-corrected chi connectivity index (χ4v) is 4.58. The fourth-order valence-electron chi connectivity index (χ4n) is 3.36. The van der Waals surface area contributed by atoms with Gasteiger partial charge in [0.25, 0.3) is 10.1 Å². The molecule has 32 heavy (non-hydrogen) atoms. The number of amides is 1. The molecule has 2 heterocycles. The summed E-state index contributed by atoms with van der Waals surface area (Å²) in [6.07, 6.45) is -4.01. The Morgan fingerprint density at radius 1 is 1.22 bits per heavy atom. The molecule has 0 fully saturated rings. The highest BCUT2D eigenvalue weighted by Crippen LogP contribution is 2.46. The molecule has 0 radical (unpaired) electrons. The highest BCUT2D eigenvalue weighted by Gasteiger charge is 2.35. The Bertz CT molecular complexity index is 1120. The van der Waals surface area contributed by atoms with Crippen LogP contribution in [0.4, 0.5) is 13.2 Å². The maximum atomic E-state index is 11.3. The molecule has 2 aromatic rings. The van der Waals surface area contributed by atoms with E-state index in [2.05, 4.69) is 27.0 Å². The summed E-state index contributed by atoms with van der Waals surface area (Å²) in [5.41, 5.74) is 7.06. The first-order valence-electron chi connectivity index (χ1n) is 9.15. The number of alkyl halides is 3. The van der Waals surface area contributed by atoms with Gasteiger partial charge in [0.15, 0.2) is 11.5 Å². The van der Waals surface area contributed by atoms with Crippen LogP contribution in [0.3, 0.4) is 0 Å². The summed E-state index contributed by atoms with van der Waals surface area (Å²) in [4.78, 5) is 9.01. The van der Waals surface area contributed by atoms with Crippen LogP contribution < -0.4 is 20.5 Å². The van der Waals surface area contributed by atoms with Gasteiger partial charge in [-0.15, -0.1) is 0 Å². The van der Waals surface area contributed by atoms with Gasteiger partial charge in [-0.05, 0) is 63.8 Å². The quantitative estimate of drug-likeness (QED) is 0.501. The Kier molecular flexibility index (Phi) is 7.03. The van der Waals surface area contributed by atoms with Gasteiger partial charge in [0.05, 0.1) is 9.37 Å². The van der Waals surface area contributed by atoms with E-state index in [4.69, 9.17) is 18.8 Å². The van der Waals surface area contributed by atoms with Crippen molar-refractivity contribution < 1.29 is 40.4 Å². The number of nitrogens with two attached hydrogens (primary N) is 1. The molecule has 0 aromatic heterocycles. The monoisotopic (exact) mass is 538 g/mol. The molecule has 13 heteroatoms. The van der Waals surface area contributed by atoms with Gasteiger partial charge in [-0.1, -0.05) is 12.1 Å². The molecular weight excluding hydrogens is 521 g/mol. The van der Waals surface area contributed by atoms with Gasteiger partial charge >= 0.3 is 12.1 Å². The van der Waals surface area contributed by atoms with Crippen molar-refractivity contribution in [3.05, 3.63) is 51.5 Å². The average molecular weight is 539 g/mol. The Morgan fingerprint density at radius 2 is 1.84 bits per heavy atom. The molecule has 2 aromatic carbocycles. The zero-order valence-corrected chi connectivity index (χ0v) is 18.7. The van der Waals surface area contributed by atoms with Gasteiger partial charge in [-0.25, -0.2) is 0 Å². The molecule has 0 saturated heterocycles. The molecule has 0 aliphatic carbocycles. The average Bonchev–Trinajstić information content (AvgIpc) is 3.07. The van der Waals surface area contributed by atoms with Gasteiger partial charge in [0.1, 0.15) is 0 Å². The largest absolute Gasteiger partial charge is 0.470 e. The lowest BCUT2D eigenvalue weighted by atomic mass is 9.88. The molecule has 1 atom stereocenters. The SMILES string of the molecule is NC(=O)C(F)(F)F.O=S(=O)(O)c1ccc(C2CNCCc3c2cc2c(c3Br)OCO2)cc1. The molecule has 174 valence electrons. The third kappa shape index (κ3) is 5.34. The van der Waals surface area contributed by atoms with Gasteiger partial charge in [-0.2, -0.15) is 21.6 Å². The Labute approximate surface area is 189 Å². The maximum Gasteiger partial charge on any atom is 0.470 e. The summed E-state index contributed by atoms with van der Waals surface area (Å²) < 4.78 is 75.8. The van der Waals surface area contributed by atoms with Crippen LogP contribution in [0.1, 0.15) is 22.6 Å². The van der Waals surface area contributed by atoms with Crippen LogP contribution in [-0.4, -0.2) is 44.9 Å². The number of carbonyl (C=O) groups excluding carboxylic acids is 1. The van der Waals surface area contributed by atoms with Crippen LogP contribution in [0.2, 0.25) is 0 Å². The predicted octanol–water partition coefficient (Wildman–Crippen LogP) is 2.74. The van der Waals surface area contributed by atoms with Gasteiger partial charge in [-0.3, -0.25) is 9.35 Å². The zero-order valence-electron chi connectivity index (χ0n) is 16.3. The molecule has 1 amide bonds. The number of hydrogen-bond acceptors (Lipinski definition) is 6. The highest BCUT2D eigenvalue weighted by atomic mass is 79.9. The van der Waals surface area contributed by atoms with Crippen LogP contribution in [-0.2, 0) is 21.3 Å². The second-order valence-electron chi connectivity index (χ2n) is 6.90. The molecule has 0 spiro atoms. The fraction of sp³-hybridized carbons (Fsp3) is 0.316. The van der Waals surface area contributed by atoms with E-state index in [1.807, 2.05) is 6.07 Å². The topological polar surface area (TPSA) is 128 Å². The molecular formula is C19H18BrF3N2O6S. The molecule has 0 bridgehead atoms. The van der Waals surface area contributed by atoms with Crippen LogP contribution >= 0.6 is 15.9 Å². The van der Waals surface area contributed by atoms with Crippen molar-refractivity contribution in [2.45, 2.75) is 23.4 Å². The number of nitrogens with one attached hydrogen (secondary N) is 1. The van der Waals surface area contributed by atoms with Crippen molar-refractivity contribution in [3.63, 3.8) is 0 Å². The Balaban J connectivity index is 0.000000360. The van der Waals surface area contributed by atoms with Crippen LogP contribution in [0.15, 0.2) is 39.7 Å². The number of ether oxygens (including phenoxy) is 2. The number of rotatable bonds is 2. The molecule has 2 aliphatic heterocycles. The minimum Gasteiger partial charge on any atom is -0.454 e. The lowest BCUT2D eigenvalue weighted by Gasteiger charge is -2.20. The van der Waals surface area contributed by atoms with E-state index in [1.54, 1.807) is 12.1 Å². The minimum atomic E-state index is -4.86. The van der Waals surface area contributed by atoms with Crippen LogP contribution in [0.25, 0.3) is 0 Å². The van der Waals surface area contributed by atoms with Gasteiger partial charge in [0, 0.05) is 12.5 Å². The molecule has 4 rings (SSSR count). The van der Waals surface area contributed by atoms with E-state index < -0.39 is 22.2 Å². The number of halogens is 4. The smallest absolute Gasteiger partial charge is 0.454 e. The Morgan fingerprint density at radius 3 is 2.41 bits per heavy atom. The second-order valence-corrected chi connectivity index (χ2v) is 9.12. The molecule has 4 N–H and O–H groups in total. The number of carbonyl (C=O) groups is 1. The van der Waals surface area contributed by atoms with E-state index in [-0.39, 0.29) is 17.6 Å². The number of fused-ring (bicyclic) bond motifs is 2. The summed E-state index contributed by atoms with van der Waals surface area (Å²) in [5.74, 6) is -0.764. The van der Waals surface area contributed by atoms with Gasteiger partial charge in [0.2, 0.25) is 6.79 Å². The van der Waals surface area contributed by atoms with Crippen molar-refractivity contribution >= 4 is 32.0 Å². The van der Waals surface area contributed by atoms with Crippen LogP contribution in [0.5, 0.6) is 11.5 Å². The van der Waals surface area contributed by atoms with Crippen molar-refractivity contribution in [2.75, 3.05) is 19.9 Å². The van der Waals surface area contributed by atoms with Crippen molar-refractivity contribution in [2.24, 2.45) is 5.73 Å². The lowest BCUT2D eigenvalue weighted by Crippen LogP contribution is -2.30. The molecule has 2 aliphatic rings. The standard InChI is InChI=1S/C17H16BrNO5S.C2H2F3NO/c18-16-12-5-6-19-8-14(13(12)7-15-17(16)24-9-23-15)10-1-3-11(4-2-10)25(20,21)22;3-2(4,5)1(6)7/h1-4,7,14,19H,5-6,8-9H2,(H,20,21,22);(H2,6,7). The van der Waals surface area contributed by atoms with E-state index in [1.165, 1.54) is 12.1 Å². The molecule has 8 nitrogen and oxygen atoms in total. The normalized spacial score (nSPS) is 17.6. The van der Waals surface area contributed by atoms with Gasteiger partial charge < -0.3 is 20.5 Å². The van der Waals surface area contributed by atoms with E-state index in [9.17, 15) is 21.6 Å². The first kappa shape index (κ1) is 24.3. The first-order chi connectivity index (χ1) is 14.9. The summed E-state index contributed by atoms with van der Waals surface area (Å²) in [7, 11) is -4.19. The van der Waals surface area contributed by atoms with Crippen molar-refractivity contribution in [1.82, 2.24) is 5.32 Å². The van der Waals surface area contributed by atoms with Crippen LogP contribution in [0, 0.1) is 0 Å². The summed E-state index contributed by atoms with van der Waals surface area (Å²) >= 11 is 3.65. The zero-order chi connectivity index (χ0) is 23.7. The maximum absolute atomic E-state index is 11.3. The number of hydrogen-bond donors (Lipinski definition) is 3. The Hall–Kier alpha value is -2.35. The third-order valence-corrected chi connectivity index (χ3v) is 6.58. The predicted molar refractivity (Wildman–Crippen MR) is 110 cm³/mol. The van der Waals surface area contributed by atoms with E-state index >= 15 is 0 Å². The lowest BCUT2D eigenvalue weighted by molar-refractivity contribution is -0.169. The molecule has 1 unspecified atom stereocenters. The summed E-state index contributed by atoms with van der Waals surface area (Å²) in [6.45, 7) is 1.78. The number of primary amides is 1.